The third-order valence-electron chi connectivity index (χ3n) is 5.63. The number of carbonyl (C=O) groups excluding carboxylic acids is 2. The number of phenolic OH excluding ortho intramolecular Hbond substituents is 8. The SMILES string of the molecule is N[C@@H](Cc1ccc(O)c(O)c1)C(=O)NC(Cc1cc(O)c(O)c(O)c1)C(=O)N/C=C/c1cc(O)c(O)c(O)c1. The molecule has 0 radical (unpaired) electrons. The fourth-order valence-corrected chi connectivity index (χ4v) is 3.59. The van der Waals surface area contributed by atoms with Crippen LogP contribution in [0.3, 0.4) is 0 Å². The first kappa shape index (κ1) is 28.3. The van der Waals surface area contributed by atoms with Crippen LogP contribution < -0.4 is 16.4 Å². The third-order valence-corrected chi connectivity index (χ3v) is 5.63. The molecule has 39 heavy (non-hydrogen) atoms. The van der Waals surface area contributed by atoms with E-state index in [1.807, 2.05) is 0 Å². The molecular formula is C26H27N3O10. The van der Waals surface area contributed by atoms with Crippen LogP contribution in [-0.4, -0.2) is 64.8 Å². The van der Waals surface area contributed by atoms with Crippen molar-refractivity contribution in [3.05, 3.63) is 65.4 Å². The maximum absolute atomic E-state index is 13.0. The number of nitrogens with two attached hydrogens (primary N) is 1. The molecule has 2 atom stereocenters. The Morgan fingerprint density at radius 2 is 1.23 bits per heavy atom. The second kappa shape index (κ2) is 11.8. The fourth-order valence-electron chi connectivity index (χ4n) is 3.59. The predicted molar refractivity (Wildman–Crippen MR) is 137 cm³/mol. The Hall–Kier alpha value is -5.30. The minimum absolute atomic E-state index is 0.0530. The van der Waals surface area contributed by atoms with E-state index in [1.165, 1.54) is 24.3 Å². The Bertz CT molecular complexity index is 1380. The highest BCUT2D eigenvalue weighted by molar-refractivity contribution is 5.90. The smallest absolute Gasteiger partial charge is 0.246 e. The number of rotatable bonds is 9. The molecule has 0 saturated heterocycles. The lowest BCUT2D eigenvalue weighted by molar-refractivity contribution is -0.129. The van der Waals surface area contributed by atoms with Crippen molar-refractivity contribution in [2.45, 2.75) is 24.9 Å². The first-order valence-electron chi connectivity index (χ1n) is 11.4. The number of phenols is 8. The summed E-state index contributed by atoms with van der Waals surface area (Å²) in [5.41, 5.74) is 6.81. The Balaban J connectivity index is 1.78. The normalized spacial score (nSPS) is 12.6. The molecule has 2 amide bonds. The van der Waals surface area contributed by atoms with Crippen molar-refractivity contribution in [3.8, 4) is 46.0 Å². The van der Waals surface area contributed by atoms with E-state index < -0.39 is 64.1 Å². The van der Waals surface area contributed by atoms with E-state index in [-0.39, 0.29) is 29.7 Å². The van der Waals surface area contributed by atoms with Gasteiger partial charge in [-0.2, -0.15) is 0 Å². The summed E-state index contributed by atoms with van der Waals surface area (Å²) in [5.74, 6) is -6.20. The fraction of sp³-hybridized carbons (Fsp3) is 0.154. The molecule has 0 saturated carbocycles. The van der Waals surface area contributed by atoms with Crippen molar-refractivity contribution in [2.75, 3.05) is 0 Å². The Labute approximate surface area is 221 Å². The van der Waals surface area contributed by atoms with Gasteiger partial charge in [0.2, 0.25) is 11.8 Å². The minimum Gasteiger partial charge on any atom is -0.504 e. The third kappa shape index (κ3) is 7.14. The van der Waals surface area contributed by atoms with Gasteiger partial charge in [-0.3, -0.25) is 9.59 Å². The quantitative estimate of drug-likeness (QED) is 0.168. The number of amides is 2. The van der Waals surface area contributed by atoms with Gasteiger partial charge < -0.3 is 57.2 Å². The van der Waals surface area contributed by atoms with Crippen molar-refractivity contribution in [1.82, 2.24) is 10.6 Å². The molecule has 13 heteroatoms. The Kier molecular flexibility index (Phi) is 8.58. The van der Waals surface area contributed by atoms with Crippen molar-refractivity contribution in [3.63, 3.8) is 0 Å². The van der Waals surface area contributed by atoms with Gasteiger partial charge in [-0.25, -0.2) is 0 Å². The lowest BCUT2D eigenvalue weighted by Gasteiger charge is -2.21. The van der Waals surface area contributed by atoms with Gasteiger partial charge in [-0.15, -0.1) is 0 Å². The maximum atomic E-state index is 13.0. The lowest BCUT2D eigenvalue weighted by atomic mass is 10.0. The van der Waals surface area contributed by atoms with E-state index in [0.29, 0.717) is 5.56 Å². The highest BCUT2D eigenvalue weighted by Gasteiger charge is 2.25. The molecule has 0 heterocycles. The highest BCUT2D eigenvalue weighted by atomic mass is 16.3. The predicted octanol–water partition coefficient (Wildman–Crippen LogP) is 0.716. The van der Waals surface area contributed by atoms with Crippen LogP contribution in [0.4, 0.5) is 0 Å². The molecule has 3 rings (SSSR count). The first-order valence-corrected chi connectivity index (χ1v) is 11.4. The second-order valence-corrected chi connectivity index (χ2v) is 8.63. The number of benzene rings is 3. The first-order chi connectivity index (χ1) is 18.3. The van der Waals surface area contributed by atoms with Crippen molar-refractivity contribution >= 4 is 17.9 Å². The van der Waals surface area contributed by atoms with E-state index in [1.54, 1.807) is 0 Å². The van der Waals surface area contributed by atoms with Crippen molar-refractivity contribution < 1.29 is 50.4 Å². The molecule has 1 unspecified atom stereocenters. The van der Waals surface area contributed by atoms with Gasteiger partial charge in [-0.05, 0) is 65.6 Å². The molecule has 0 aliphatic rings. The lowest BCUT2D eigenvalue weighted by Crippen LogP contribution is -2.52. The molecule has 0 spiro atoms. The van der Waals surface area contributed by atoms with Crippen LogP contribution in [0, 0.1) is 0 Å². The van der Waals surface area contributed by atoms with Gasteiger partial charge in [0.15, 0.2) is 46.0 Å². The van der Waals surface area contributed by atoms with Crippen LogP contribution in [0.15, 0.2) is 48.7 Å². The van der Waals surface area contributed by atoms with Crippen LogP contribution in [0.2, 0.25) is 0 Å². The summed E-state index contributed by atoms with van der Waals surface area (Å²) >= 11 is 0. The number of nitrogens with one attached hydrogen (secondary N) is 2. The van der Waals surface area contributed by atoms with E-state index in [2.05, 4.69) is 10.6 Å². The summed E-state index contributed by atoms with van der Waals surface area (Å²) in [5, 5.41) is 81.9. The molecule has 0 aromatic heterocycles. The summed E-state index contributed by atoms with van der Waals surface area (Å²) in [4.78, 5) is 25.8. The molecule has 3 aromatic rings. The highest BCUT2D eigenvalue weighted by Crippen LogP contribution is 2.36. The van der Waals surface area contributed by atoms with Crippen LogP contribution in [0.25, 0.3) is 6.08 Å². The Morgan fingerprint density at radius 1 is 0.692 bits per heavy atom. The molecule has 3 aromatic carbocycles. The van der Waals surface area contributed by atoms with Crippen molar-refractivity contribution in [1.29, 1.82) is 0 Å². The number of carbonyl (C=O) groups is 2. The molecule has 13 nitrogen and oxygen atoms in total. The monoisotopic (exact) mass is 541 g/mol. The molecule has 0 aliphatic heterocycles. The van der Waals surface area contributed by atoms with Gasteiger partial charge in [0.05, 0.1) is 6.04 Å². The van der Waals surface area contributed by atoms with Gasteiger partial charge in [0.1, 0.15) is 6.04 Å². The average Bonchev–Trinajstić information content (AvgIpc) is 2.87. The zero-order valence-electron chi connectivity index (χ0n) is 20.2. The molecule has 12 N–H and O–H groups in total. The van der Waals surface area contributed by atoms with E-state index in [0.717, 1.165) is 30.5 Å². The van der Waals surface area contributed by atoms with E-state index in [9.17, 15) is 50.4 Å². The summed E-state index contributed by atoms with van der Waals surface area (Å²) in [6.45, 7) is 0. The standard InChI is InChI=1S/C26H27N3O10/c27-15(5-12-1-2-17(30)18(31)7-12)25(38)29-16(6-14-10-21(34)24(37)22(35)11-14)26(39)28-4-3-13-8-19(32)23(36)20(33)9-13/h1-4,7-11,15-16,30-37H,5-6,27H2,(H,28,39)(H,29,38)/b4-3+/t15-,16?/m0/s1. The van der Waals surface area contributed by atoms with E-state index >= 15 is 0 Å². The van der Waals surface area contributed by atoms with Gasteiger partial charge >= 0.3 is 0 Å². The zero-order valence-corrected chi connectivity index (χ0v) is 20.2. The summed E-state index contributed by atoms with van der Waals surface area (Å²) < 4.78 is 0. The average molecular weight is 542 g/mol. The second-order valence-electron chi connectivity index (χ2n) is 8.63. The maximum Gasteiger partial charge on any atom is 0.246 e. The minimum atomic E-state index is -1.30. The van der Waals surface area contributed by atoms with Gasteiger partial charge in [0.25, 0.3) is 0 Å². The molecule has 0 bridgehead atoms. The summed E-state index contributed by atoms with van der Waals surface area (Å²) in [6, 6.07) is 5.89. The van der Waals surface area contributed by atoms with Gasteiger partial charge in [-0.1, -0.05) is 6.07 Å². The van der Waals surface area contributed by atoms with Crippen LogP contribution in [0.1, 0.15) is 16.7 Å². The number of hydrogen-bond acceptors (Lipinski definition) is 11. The van der Waals surface area contributed by atoms with Crippen LogP contribution in [-0.2, 0) is 22.4 Å². The number of hydrogen-bond donors (Lipinski definition) is 11. The topological polar surface area (TPSA) is 246 Å². The largest absolute Gasteiger partial charge is 0.504 e. The molecular weight excluding hydrogens is 514 g/mol. The molecule has 0 aliphatic carbocycles. The number of aromatic hydroxyl groups is 8. The van der Waals surface area contributed by atoms with Crippen molar-refractivity contribution in [2.24, 2.45) is 5.73 Å². The molecule has 0 fully saturated rings. The zero-order chi connectivity index (χ0) is 28.9. The van der Waals surface area contributed by atoms with Gasteiger partial charge in [0, 0.05) is 12.6 Å². The van der Waals surface area contributed by atoms with Crippen LogP contribution in [0.5, 0.6) is 46.0 Å². The summed E-state index contributed by atoms with van der Waals surface area (Å²) in [7, 11) is 0. The summed E-state index contributed by atoms with van der Waals surface area (Å²) in [6.07, 6.45) is 2.14. The van der Waals surface area contributed by atoms with Crippen LogP contribution >= 0.6 is 0 Å². The van der Waals surface area contributed by atoms with E-state index in [4.69, 9.17) is 5.73 Å². The Morgan fingerprint density at radius 3 is 1.79 bits per heavy atom. The molecule has 206 valence electrons.